The number of aliphatic hydroxyl groups excluding tert-OH is 1. The van der Waals surface area contributed by atoms with Gasteiger partial charge in [-0.25, -0.2) is 24.0 Å². The molecule has 6 heterocycles. The highest BCUT2D eigenvalue weighted by Gasteiger charge is 2.60. The molecule has 0 aliphatic carbocycles. The Balaban J connectivity index is 1.12. The van der Waals surface area contributed by atoms with Gasteiger partial charge in [0, 0.05) is 6.42 Å². The molecule has 6 rings (SSSR count). The van der Waals surface area contributed by atoms with Crippen LogP contribution in [0.1, 0.15) is 40.3 Å². The standard InChI is InChI=1S/C22H32N5O10PS/c1-21(2)30-6-12(34-21)15-16(17-20(33-15)36-22(3,4)35-17)37-38(29,39)31-7-11-10(28)5-13(32-11)27-9-26-14-18(23)24-8-25-19(14)27/h8-13,15-17,20,28H,5-7H2,1-4H3,(H,29,39)(H2,23,24,25)/p-1/t10-,11+,12+,13+,15+,16-,17+,20+,38?/m0/s1. The molecule has 9 atom stereocenters. The number of aromatic nitrogens is 4. The maximum Gasteiger partial charge on any atom is 0.190 e. The van der Waals surface area contributed by atoms with E-state index in [9.17, 15) is 10.00 Å². The molecular weight excluding hydrogens is 557 g/mol. The van der Waals surface area contributed by atoms with Crippen LogP contribution in [0.25, 0.3) is 11.2 Å². The summed E-state index contributed by atoms with van der Waals surface area (Å²) < 4.78 is 48.5. The van der Waals surface area contributed by atoms with E-state index in [2.05, 4.69) is 15.0 Å². The van der Waals surface area contributed by atoms with Gasteiger partial charge in [-0.1, -0.05) is 0 Å². The molecule has 3 N–H and O–H groups in total. The Labute approximate surface area is 229 Å². The number of aliphatic hydroxyl groups is 1. The van der Waals surface area contributed by atoms with Crippen LogP contribution in [-0.2, 0) is 49.7 Å². The largest absolute Gasteiger partial charge is 0.648 e. The van der Waals surface area contributed by atoms with Crippen molar-refractivity contribution in [1.82, 2.24) is 19.5 Å². The van der Waals surface area contributed by atoms with E-state index >= 15 is 0 Å². The van der Waals surface area contributed by atoms with E-state index in [1.54, 1.807) is 32.3 Å². The second-order valence-corrected chi connectivity index (χ2v) is 13.5. The van der Waals surface area contributed by atoms with E-state index < -0.39 is 67.9 Å². The molecule has 4 aliphatic rings. The average Bonchev–Trinajstić information content (AvgIpc) is 3.63. The summed E-state index contributed by atoms with van der Waals surface area (Å²) in [5.41, 5.74) is 6.75. The van der Waals surface area contributed by atoms with Gasteiger partial charge < -0.3 is 56.4 Å². The number of anilines is 1. The SMILES string of the molecule is CC1(C)O[C@H]2O[C@H]([C@H]3COC(C)(C)O3)[C@H](O[P+]([O-])([S-])OC[C@H]3O[C@@H](n4cnc5c(N)ncnc54)C[C@@H]3O)[C@H]2O1. The highest BCUT2D eigenvalue weighted by molar-refractivity contribution is 8.34. The highest BCUT2D eigenvalue weighted by atomic mass is 32.7. The van der Waals surface area contributed by atoms with Crippen LogP contribution in [0.4, 0.5) is 5.82 Å². The molecule has 15 nitrogen and oxygen atoms in total. The summed E-state index contributed by atoms with van der Waals surface area (Å²) in [5.74, 6) is -1.53. The summed E-state index contributed by atoms with van der Waals surface area (Å²) in [6, 6.07) is 0. The summed E-state index contributed by atoms with van der Waals surface area (Å²) >= 11 is 5.23. The van der Waals surface area contributed by atoms with Gasteiger partial charge in [0.05, 0.1) is 19.0 Å². The number of nitrogens with zero attached hydrogens (tertiary/aromatic N) is 4. The first kappa shape index (κ1) is 27.9. The number of hydrogen-bond donors (Lipinski definition) is 2. The van der Waals surface area contributed by atoms with Gasteiger partial charge in [-0.05, 0) is 27.7 Å². The van der Waals surface area contributed by atoms with Crippen LogP contribution in [-0.4, -0.2) is 92.3 Å². The molecule has 4 fully saturated rings. The fourth-order valence-corrected chi connectivity index (χ4v) is 6.67. The van der Waals surface area contributed by atoms with Crippen molar-refractivity contribution >= 4 is 36.4 Å². The minimum Gasteiger partial charge on any atom is -0.648 e. The molecule has 4 saturated heterocycles. The van der Waals surface area contributed by atoms with Crippen molar-refractivity contribution in [3.05, 3.63) is 12.7 Å². The zero-order valence-corrected chi connectivity index (χ0v) is 23.4. The number of ether oxygens (including phenoxy) is 6. The molecule has 216 valence electrons. The molecule has 0 saturated carbocycles. The Morgan fingerprint density at radius 3 is 2.69 bits per heavy atom. The quantitative estimate of drug-likeness (QED) is 0.327. The Bertz CT molecular complexity index is 1220. The number of fused-ring (bicyclic) bond motifs is 2. The van der Waals surface area contributed by atoms with Gasteiger partial charge in [0.25, 0.3) is 0 Å². The lowest BCUT2D eigenvalue weighted by molar-refractivity contribution is -0.244. The fraction of sp³-hybridized carbons (Fsp3) is 0.773. The molecule has 0 bridgehead atoms. The molecule has 2 aromatic heterocycles. The first-order chi connectivity index (χ1) is 18.3. The summed E-state index contributed by atoms with van der Waals surface area (Å²) in [7, 11) is -4.12. The number of rotatable bonds is 7. The Hall–Kier alpha value is -1.27. The van der Waals surface area contributed by atoms with E-state index in [1.165, 1.54) is 12.7 Å². The normalized spacial score (nSPS) is 38.8. The lowest BCUT2D eigenvalue weighted by Gasteiger charge is -2.38. The van der Waals surface area contributed by atoms with E-state index in [0.717, 1.165) is 0 Å². The molecule has 2 aromatic rings. The molecule has 0 aromatic carbocycles. The van der Waals surface area contributed by atoms with E-state index in [-0.39, 0.29) is 25.5 Å². The summed E-state index contributed by atoms with van der Waals surface area (Å²) in [6.45, 7) is 6.98. The average molecular weight is 589 g/mol. The predicted molar refractivity (Wildman–Crippen MR) is 133 cm³/mol. The second kappa shape index (κ2) is 9.93. The van der Waals surface area contributed by atoms with Gasteiger partial charge in [0.15, 0.2) is 35.4 Å². The minimum absolute atomic E-state index is 0.212. The number of imidazole rings is 1. The first-order valence-electron chi connectivity index (χ1n) is 12.5. The van der Waals surface area contributed by atoms with Crippen molar-refractivity contribution in [3.63, 3.8) is 0 Å². The van der Waals surface area contributed by atoms with Crippen LogP contribution >= 0.6 is 7.15 Å². The van der Waals surface area contributed by atoms with Gasteiger partial charge in [0.1, 0.15) is 56.2 Å². The third-order valence-electron chi connectivity index (χ3n) is 6.97. The van der Waals surface area contributed by atoms with Crippen molar-refractivity contribution in [2.45, 2.75) is 94.8 Å². The second-order valence-electron chi connectivity index (χ2n) is 10.8. The van der Waals surface area contributed by atoms with Gasteiger partial charge in [-0.15, -0.1) is 0 Å². The summed E-state index contributed by atoms with van der Waals surface area (Å²) in [4.78, 5) is 25.7. The molecule has 4 aliphatic heterocycles. The first-order valence-corrected chi connectivity index (χ1v) is 15.1. The van der Waals surface area contributed by atoms with Crippen molar-refractivity contribution < 1.29 is 47.5 Å². The van der Waals surface area contributed by atoms with Gasteiger partial charge in [-0.3, -0.25) is 4.57 Å². The maximum absolute atomic E-state index is 13.4. The van der Waals surface area contributed by atoms with E-state index in [0.29, 0.717) is 11.2 Å². The smallest absolute Gasteiger partial charge is 0.190 e. The molecular formula is C22H31N5O10PS-. The van der Waals surface area contributed by atoms with Crippen LogP contribution in [0.2, 0.25) is 0 Å². The fourth-order valence-electron chi connectivity index (χ4n) is 5.26. The Kier molecular flexibility index (Phi) is 7.10. The van der Waals surface area contributed by atoms with Gasteiger partial charge >= 0.3 is 0 Å². The zero-order valence-electron chi connectivity index (χ0n) is 21.7. The third kappa shape index (κ3) is 5.50. The van der Waals surface area contributed by atoms with E-state index in [1.807, 2.05) is 0 Å². The molecule has 17 heteroatoms. The van der Waals surface area contributed by atoms with Crippen LogP contribution in [0.15, 0.2) is 12.7 Å². The number of hydrogen-bond acceptors (Lipinski definition) is 15. The van der Waals surface area contributed by atoms with Gasteiger partial charge in [0.2, 0.25) is 0 Å². The van der Waals surface area contributed by atoms with Crippen molar-refractivity contribution in [2.24, 2.45) is 0 Å². The minimum atomic E-state index is -4.12. The van der Waals surface area contributed by atoms with Crippen LogP contribution in [0.3, 0.4) is 0 Å². The van der Waals surface area contributed by atoms with Crippen LogP contribution < -0.4 is 10.6 Å². The lowest BCUT2D eigenvalue weighted by atomic mass is 10.1. The maximum atomic E-state index is 13.4. The van der Waals surface area contributed by atoms with Crippen LogP contribution in [0, 0.1) is 0 Å². The molecule has 39 heavy (non-hydrogen) atoms. The van der Waals surface area contributed by atoms with Crippen molar-refractivity contribution in [1.29, 1.82) is 0 Å². The monoisotopic (exact) mass is 588 g/mol. The van der Waals surface area contributed by atoms with Gasteiger partial charge in [-0.2, -0.15) is 0 Å². The third-order valence-corrected chi connectivity index (χ3v) is 8.51. The lowest BCUT2D eigenvalue weighted by Crippen LogP contribution is -2.45. The molecule has 1 unspecified atom stereocenters. The Morgan fingerprint density at radius 1 is 1.15 bits per heavy atom. The van der Waals surface area contributed by atoms with Crippen molar-refractivity contribution in [3.8, 4) is 0 Å². The van der Waals surface area contributed by atoms with E-state index in [4.69, 9.17) is 55.5 Å². The molecule has 0 amide bonds. The highest BCUT2D eigenvalue weighted by Crippen LogP contribution is 2.55. The molecule has 0 radical (unpaired) electrons. The topological polar surface area (TPSA) is 187 Å². The molecule has 0 spiro atoms. The predicted octanol–water partition coefficient (Wildman–Crippen LogP) is 0.0714. The van der Waals surface area contributed by atoms with Crippen LogP contribution in [0.5, 0.6) is 0 Å². The Morgan fingerprint density at radius 2 is 1.95 bits per heavy atom. The van der Waals surface area contributed by atoms with Crippen molar-refractivity contribution in [2.75, 3.05) is 18.9 Å². The summed E-state index contributed by atoms with van der Waals surface area (Å²) in [6.07, 6.45) is -3.05. The zero-order chi connectivity index (χ0) is 27.7. The number of nitrogens with two attached hydrogens (primary N) is 1. The summed E-state index contributed by atoms with van der Waals surface area (Å²) in [5, 5.41) is 10.6. The number of nitrogen functional groups attached to an aromatic ring is 1.